The fraction of sp³-hybridized carbons (Fsp3) is 0.381. The van der Waals surface area contributed by atoms with Gasteiger partial charge < -0.3 is 4.98 Å². The first-order chi connectivity index (χ1) is 13.8. The third-order valence-corrected chi connectivity index (χ3v) is 8.26. The van der Waals surface area contributed by atoms with Crippen molar-refractivity contribution in [1.29, 1.82) is 0 Å². The molecule has 3 aromatic heterocycles. The number of thiophene rings is 1. The van der Waals surface area contributed by atoms with Gasteiger partial charge in [-0.25, -0.2) is 9.97 Å². The van der Waals surface area contributed by atoms with Crippen molar-refractivity contribution in [3.05, 3.63) is 55.9 Å². The van der Waals surface area contributed by atoms with Crippen molar-refractivity contribution in [2.45, 2.75) is 44.7 Å². The smallest absolute Gasteiger partial charge is 0.259 e. The molecule has 1 saturated heterocycles. The zero-order valence-corrected chi connectivity index (χ0v) is 17.0. The van der Waals surface area contributed by atoms with Gasteiger partial charge in [-0.05, 0) is 56.3 Å². The summed E-state index contributed by atoms with van der Waals surface area (Å²) in [5.41, 5.74) is 2.36. The molecule has 0 radical (unpaired) electrons. The lowest BCUT2D eigenvalue weighted by Crippen LogP contribution is -2.25. The van der Waals surface area contributed by atoms with Gasteiger partial charge in [-0.1, -0.05) is 12.1 Å². The van der Waals surface area contributed by atoms with Crippen molar-refractivity contribution < 1.29 is 0 Å². The average Bonchev–Trinajstić information content (AvgIpc) is 3.43. The van der Waals surface area contributed by atoms with Crippen molar-refractivity contribution in [2.75, 3.05) is 6.54 Å². The summed E-state index contributed by atoms with van der Waals surface area (Å²) < 4.78 is 1.24. The number of nitrogens with one attached hydrogen (secondary N) is 1. The number of aromatic amines is 1. The number of aromatic nitrogens is 3. The standard InChI is InChI=1S/C21H20N4OS2/c26-19-18-12-5-3-9-15(12)27-21(18)24-17(23-19)11-25-10-4-7-14(25)20-22-13-6-1-2-8-16(13)28-20/h1-2,6,8,14H,3-5,7,9-11H2,(H,23,24,26)/t14-/m1/s1. The third kappa shape index (κ3) is 2.64. The quantitative estimate of drug-likeness (QED) is 0.545. The maximum absolute atomic E-state index is 12.7. The SMILES string of the molecule is O=c1[nH]c(CN2CCC[C@@H]2c2nc3ccccc3s2)nc2sc3c(c12)CCC3. The molecule has 1 aliphatic heterocycles. The number of thiazole rings is 1. The van der Waals surface area contributed by atoms with Crippen LogP contribution in [0.4, 0.5) is 0 Å². The molecule has 4 heterocycles. The monoisotopic (exact) mass is 408 g/mol. The molecule has 4 aromatic rings. The fourth-order valence-electron chi connectivity index (χ4n) is 4.64. The summed E-state index contributed by atoms with van der Waals surface area (Å²) in [5.74, 6) is 0.783. The molecule has 7 heteroatoms. The van der Waals surface area contributed by atoms with E-state index in [2.05, 4.69) is 28.1 Å². The second kappa shape index (κ2) is 6.47. The van der Waals surface area contributed by atoms with E-state index in [-0.39, 0.29) is 5.56 Å². The maximum atomic E-state index is 12.7. The van der Waals surface area contributed by atoms with E-state index in [9.17, 15) is 4.79 Å². The minimum atomic E-state index is 0.0372. The van der Waals surface area contributed by atoms with Gasteiger partial charge in [-0.15, -0.1) is 22.7 Å². The number of nitrogens with zero attached hydrogens (tertiary/aromatic N) is 3. The molecule has 1 atom stereocenters. The molecule has 1 aliphatic carbocycles. The number of H-pyrrole nitrogens is 1. The number of likely N-dealkylation sites (tertiary alicyclic amines) is 1. The van der Waals surface area contributed by atoms with E-state index in [4.69, 9.17) is 9.97 Å². The second-order valence-electron chi connectivity index (χ2n) is 7.70. The van der Waals surface area contributed by atoms with E-state index in [1.54, 1.807) is 22.7 Å². The Morgan fingerprint density at radius 1 is 1.14 bits per heavy atom. The van der Waals surface area contributed by atoms with E-state index < -0.39 is 0 Å². The van der Waals surface area contributed by atoms with Crippen molar-refractivity contribution in [1.82, 2.24) is 19.9 Å². The number of para-hydroxylation sites is 1. The van der Waals surface area contributed by atoms with Crippen LogP contribution >= 0.6 is 22.7 Å². The molecule has 5 nitrogen and oxygen atoms in total. The Balaban J connectivity index is 1.33. The van der Waals surface area contributed by atoms with Crippen LogP contribution in [0.3, 0.4) is 0 Å². The minimum absolute atomic E-state index is 0.0372. The van der Waals surface area contributed by atoms with Gasteiger partial charge in [0, 0.05) is 4.88 Å². The number of aryl methyl sites for hydroxylation is 2. The summed E-state index contributed by atoms with van der Waals surface area (Å²) in [5, 5.41) is 2.02. The number of rotatable bonds is 3. The fourth-order valence-corrected chi connectivity index (χ4v) is 7.06. The Labute approximate surface area is 170 Å². The Morgan fingerprint density at radius 2 is 2.07 bits per heavy atom. The molecule has 0 amide bonds. The van der Waals surface area contributed by atoms with E-state index in [1.807, 2.05) is 6.07 Å². The average molecular weight is 409 g/mol. The van der Waals surface area contributed by atoms with Crippen molar-refractivity contribution in [3.8, 4) is 0 Å². The summed E-state index contributed by atoms with van der Waals surface area (Å²) in [6.45, 7) is 1.69. The van der Waals surface area contributed by atoms with Crippen LogP contribution in [-0.4, -0.2) is 26.4 Å². The van der Waals surface area contributed by atoms with Gasteiger partial charge in [0.1, 0.15) is 15.7 Å². The van der Waals surface area contributed by atoms with E-state index in [0.29, 0.717) is 12.6 Å². The lowest BCUT2D eigenvalue weighted by atomic mass is 10.2. The lowest BCUT2D eigenvalue weighted by Gasteiger charge is -2.21. The number of benzene rings is 1. The van der Waals surface area contributed by atoms with E-state index >= 15 is 0 Å². The minimum Gasteiger partial charge on any atom is -0.309 e. The first-order valence-electron chi connectivity index (χ1n) is 9.89. The van der Waals surface area contributed by atoms with Crippen LogP contribution in [0.25, 0.3) is 20.4 Å². The number of fused-ring (bicyclic) bond motifs is 4. The molecule has 1 N–H and O–H groups in total. The molecule has 1 aromatic carbocycles. The van der Waals surface area contributed by atoms with Gasteiger partial charge in [0.15, 0.2) is 0 Å². The Kier molecular flexibility index (Phi) is 3.89. The summed E-state index contributed by atoms with van der Waals surface area (Å²) in [6, 6.07) is 8.64. The number of hydrogen-bond acceptors (Lipinski definition) is 6. The highest BCUT2D eigenvalue weighted by atomic mass is 32.1. The molecular weight excluding hydrogens is 388 g/mol. The molecule has 0 spiro atoms. The highest BCUT2D eigenvalue weighted by Gasteiger charge is 2.30. The van der Waals surface area contributed by atoms with Crippen LogP contribution in [0.15, 0.2) is 29.1 Å². The Morgan fingerprint density at radius 3 is 3.00 bits per heavy atom. The van der Waals surface area contributed by atoms with Crippen LogP contribution in [0.5, 0.6) is 0 Å². The molecule has 6 rings (SSSR count). The molecule has 1 fully saturated rings. The van der Waals surface area contributed by atoms with E-state index in [0.717, 1.165) is 60.2 Å². The van der Waals surface area contributed by atoms with Crippen LogP contribution in [0.2, 0.25) is 0 Å². The maximum Gasteiger partial charge on any atom is 0.259 e. The highest BCUT2D eigenvalue weighted by molar-refractivity contribution is 7.19. The zero-order valence-electron chi connectivity index (χ0n) is 15.4. The molecule has 142 valence electrons. The molecule has 0 unspecified atom stereocenters. The molecule has 28 heavy (non-hydrogen) atoms. The number of hydrogen-bond donors (Lipinski definition) is 1. The lowest BCUT2D eigenvalue weighted by molar-refractivity contribution is 0.242. The van der Waals surface area contributed by atoms with Crippen molar-refractivity contribution in [3.63, 3.8) is 0 Å². The normalized spacial score (nSPS) is 19.8. The van der Waals surface area contributed by atoms with E-state index in [1.165, 1.54) is 20.1 Å². The molecule has 0 saturated carbocycles. The van der Waals surface area contributed by atoms with Crippen LogP contribution in [-0.2, 0) is 19.4 Å². The summed E-state index contributed by atoms with van der Waals surface area (Å²) in [4.78, 5) is 30.2. The van der Waals surface area contributed by atoms with Crippen LogP contribution in [0, 0.1) is 0 Å². The third-order valence-electron chi connectivity index (χ3n) is 5.94. The summed E-state index contributed by atoms with van der Waals surface area (Å²) in [7, 11) is 0. The topological polar surface area (TPSA) is 61.9 Å². The largest absolute Gasteiger partial charge is 0.309 e. The zero-order chi connectivity index (χ0) is 18.7. The van der Waals surface area contributed by atoms with Gasteiger partial charge in [-0.3, -0.25) is 9.69 Å². The summed E-state index contributed by atoms with van der Waals surface area (Å²) in [6.07, 6.45) is 5.54. The molecular formula is C21H20N4OS2. The Hall–Kier alpha value is -2.09. The molecule has 2 aliphatic rings. The van der Waals surface area contributed by atoms with Crippen molar-refractivity contribution >= 4 is 43.1 Å². The highest BCUT2D eigenvalue weighted by Crippen LogP contribution is 2.38. The first kappa shape index (κ1) is 16.8. The predicted octanol–water partition coefficient (Wildman–Crippen LogP) is 4.42. The van der Waals surface area contributed by atoms with Gasteiger partial charge in [0.25, 0.3) is 5.56 Å². The first-order valence-corrected chi connectivity index (χ1v) is 11.5. The van der Waals surface area contributed by atoms with Crippen LogP contribution in [0.1, 0.15) is 46.6 Å². The van der Waals surface area contributed by atoms with Crippen LogP contribution < -0.4 is 5.56 Å². The van der Waals surface area contributed by atoms with Gasteiger partial charge in [0.2, 0.25) is 0 Å². The summed E-state index contributed by atoms with van der Waals surface area (Å²) >= 11 is 3.50. The second-order valence-corrected chi connectivity index (χ2v) is 9.84. The van der Waals surface area contributed by atoms with Crippen molar-refractivity contribution in [2.24, 2.45) is 0 Å². The van der Waals surface area contributed by atoms with Gasteiger partial charge in [-0.2, -0.15) is 0 Å². The molecule has 0 bridgehead atoms. The Bertz CT molecular complexity index is 1220. The van der Waals surface area contributed by atoms with Gasteiger partial charge in [0.05, 0.1) is 28.2 Å². The predicted molar refractivity (Wildman–Crippen MR) is 114 cm³/mol. The van der Waals surface area contributed by atoms with Gasteiger partial charge >= 0.3 is 0 Å².